The summed E-state index contributed by atoms with van der Waals surface area (Å²) < 4.78 is 5.27. The van der Waals surface area contributed by atoms with Gasteiger partial charge in [-0.15, -0.1) is 0 Å². The van der Waals surface area contributed by atoms with E-state index in [-0.39, 0.29) is 6.03 Å². The molecule has 7 heteroatoms. The highest BCUT2D eigenvalue weighted by molar-refractivity contribution is 6.30. The van der Waals surface area contributed by atoms with Crippen molar-refractivity contribution in [2.24, 2.45) is 0 Å². The maximum atomic E-state index is 12.3. The summed E-state index contributed by atoms with van der Waals surface area (Å²) in [6, 6.07) is 14.6. The number of aryl methyl sites for hydroxylation is 1. The molecule has 2 amide bonds. The highest BCUT2D eigenvalue weighted by Crippen LogP contribution is 2.20. The molecule has 0 saturated carbocycles. The summed E-state index contributed by atoms with van der Waals surface area (Å²) in [4.78, 5) is 18.2. The van der Waals surface area contributed by atoms with Gasteiger partial charge in [0.1, 0.15) is 0 Å². The summed E-state index contributed by atoms with van der Waals surface area (Å²) in [6.07, 6.45) is 0.495. The molecule has 3 aromatic rings. The van der Waals surface area contributed by atoms with E-state index in [0.717, 1.165) is 16.8 Å². The number of carbonyl (C=O) groups is 1. The van der Waals surface area contributed by atoms with E-state index in [9.17, 15) is 4.79 Å². The lowest BCUT2D eigenvalue weighted by molar-refractivity contribution is 0.222. The quantitative estimate of drug-likeness (QED) is 0.722. The molecule has 26 heavy (non-hydrogen) atoms. The molecule has 3 rings (SSSR count). The lowest BCUT2D eigenvalue weighted by Gasteiger charge is -2.18. The first-order valence-corrected chi connectivity index (χ1v) is 8.57. The Hall–Kier alpha value is -2.86. The minimum absolute atomic E-state index is 0.180. The normalized spacial score (nSPS) is 10.6. The number of nitrogens with one attached hydrogen (secondary N) is 1. The van der Waals surface area contributed by atoms with Gasteiger partial charge in [0.25, 0.3) is 5.89 Å². The number of amides is 2. The van der Waals surface area contributed by atoms with E-state index >= 15 is 0 Å². The molecule has 0 spiro atoms. The van der Waals surface area contributed by atoms with Gasteiger partial charge in [0, 0.05) is 36.3 Å². The first-order valence-electron chi connectivity index (χ1n) is 8.19. The van der Waals surface area contributed by atoms with Crippen LogP contribution in [0.5, 0.6) is 0 Å². The van der Waals surface area contributed by atoms with Gasteiger partial charge in [0.2, 0.25) is 0 Å². The van der Waals surface area contributed by atoms with Crippen LogP contribution in [0.2, 0.25) is 5.02 Å². The van der Waals surface area contributed by atoms with Crippen LogP contribution >= 0.6 is 11.6 Å². The number of carbonyl (C=O) groups excluding carboxylic acids is 1. The van der Waals surface area contributed by atoms with Crippen molar-refractivity contribution >= 4 is 23.3 Å². The Labute approximate surface area is 156 Å². The second-order valence-corrected chi connectivity index (χ2v) is 6.38. The number of hydrogen-bond acceptors (Lipinski definition) is 4. The molecule has 0 fully saturated rings. The summed E-state index contributed by atoms with van der Waals surface area (Å²) in [5.74, 6) is 0.981. The third kappa shape index (κ3) is 4.40. The standard InChI is InChI=1S/C19H19ClN4O2/c1-13-5-3-4-6-16(13)21-19(25)24(2)12-11-17-22-18(26-23-17)14-7-9-15(20)10-8-14/h3-10H,11-12H2,1-2H3,(H,21,25). The maximum absolute atomic E-state index is 12.3. The maximum Gasteiger partial charge on any atom is 0.321 e. The molecule has 0 radical (unpaired) electrons. The van der Waals surface area contributed by atoms with Crippen LogP contribution in [0.25, 0.3) is 11.5 Å². The molecule has 0 aliphatic rings. The fourth-order valence-electron chi connectivity index (χ4n) is 2.36. The van der Waals surface area contributed by atoms with Crippen LogP contribution in [0.3, 0.4) is 0 Å². The number of rotatable bonds is 5. The molecular weight excluding hydrogens is 352 g/mol. The lowest BCUT2D eigenvalue weighted by atomic mass is 10.2. The number of para-hydroxylation sites is 1. The molecule has 6 nitrogen and oxygen atoms in total. The molecule has 1 N–H and O–H groups in total. The predicted molar refractivity (Wildman–Crippen MR) is 101 cm³/mol. The molecule has 1 heterocycles. The third-order valence-corrected chi connectivity index (χ3v) is 4.22. The summed E-state index contributed by atoms with van der Waals surface area (Å²) in [5, 5.41) is 7.51. The number of anilines is 1. The molecule has 134 valence electrons. The molecule has 0 saturated heterocycles. The second kappa shape index (κ2) is 8.01. The zero-order chi connectivity index (χ0) is 18.5. The Bertz CT molecular complexity index is 893. The predicted octanol–water partition coefficient (Wildman–Crippen LogP) is 4.40. The monoisotopic (exact) mass is 370 g/mol. The number of benzene rings is 2. The van der Waals surface area contributed by atoms with Crippen molar-refractivity contribution in [3.63, 3.8) is 0 Å². The van der Waals surface area contributed by atoms with Crippen LogP contribution in [0.4, 0.5) is 10.5 Å². The molecule has 0 unspecified atom stereocenters. The molecule has 1 aromatic heterocycles. The zero-order valence-corrected chi connectivity index (χ0v) is 15.3. The summed E-state index contributed by atoms with van der Waals surface area (Å²) in [7, 11) is 1.73. The SMILES string of the molecule is Cc1ccccc1NC(=O)N(C)CCc1noc(-c2ccc(Cl)cc2)n1. The van der Waals surface area contributed by atoms with Crippen LogP contribution in [0.1, 0.15) is 11.4 Å². The fraction of sp³-hybridized carbons (Fsp3) is 0.211. The van der Waals surface area contributed by atoms with Gasteiger partial charge >= 0.3 is 6.03 Å². The largest absolute Gasteiger partial charge is 0.334 e. The number of halogens is 1. The number of likely N-dealkylation sites (N-methyl/N-ethyl adjacent to an activating group) is 1. The van der Waals surface area contributed by atoms with E-state index in [1.165, 1.54) is 0 Å². The smallest absolute Gasteiger partial charge is 0.321 e. The van der Waals surface area contributed by atoms with Crippen molar-refractivity contribution in [3.05, 3.63) is 64.9 Å². The highest BCUT2D eigenvalue weighted by Gasteiger charge is 2.13. The van der Waals surface area contributed by atoms with Crippen LogP contribution < -0.4 is 5.32 Å². The fourth-order valence-corrected chi connectivity index (χ4v) is 2.48. The average molecular weight is 371 g/mol. The Balaban J connectivity index is 1.56. The number of urea groups is 1. The van der Waals surface area contributed by atoms with Crippen LogP contribution in [0, 0.1) is 6.92 Å². The summed E-state index contributed by atoms with van der Waals surface area (Å²) in [6.45, 7) is 2.42. The van der Waals surface area contributed by atoms with Crippen LogP contribution in [0.15, 0.2) is 53.1 Å². The van der Waals surface area contributed by atoms with Crippen LogP contribution in [-0.2, 0) is 6.42 Å². The van der Waals surface area contributed by atoms with Gasteiger partial charge in [-0.25, -0.2) is 4.79 Å². The van der Waals surface area contributed by atoms with E-state index < -0.39 is 0 Å². The van der Waals surface area contributed by atoms with Gasteiger partial charge in [-0.3, -0.25) is 0 Å². The van der Waals surface area contributed by atoms with Crippen molar-refractivity contribution in [1.29, 1.82) is 0 Å². The summed E-state index contributed by atoms with van der Waals surface area (Å²) in [5.41, 5.74) is 2.62. The van der Waals surface area contributed by atoms with Crippen molar-refractivity contribution in [2.45, 2.75) is 13.3 Å². The summed E-state index contributed by atoms with van der Waals surface area (Å²) >= 11 is 5.88. The second-order valence-electron chi connectivity index (χ2n) is 5.94. The Morgan fingerprint density at radius 3 is 2.65 bits per heavy atom. The first-order chi connectivity index (χ1) is 12.5. The van der Waals surface area contributed by atoms with Gasteiger partial charge in [0.05, 0.1) is 0 Å². The Morgan fingerprint density at radius 2 is 1.92 bits per heavy atom. The highest BCUT2D eigenvalue weighted by atomic mass is 35.5. The van der Waals surface area contributed by atoms with Gasteiger partial charge in [-0.2, -0.15) is 4.98 Å². The van der Waals surface area contributed by atoms with E-state index in [0.29, 0.717) is 29.7 Å². The Kier molecular flexibility index (Phi) is 5.53. The van der Waals surface area contributed by atoms with Crippen molar-refractivity contribution in [2.75, 3.05) is 18.9 Å². The molecular formula is C19H19ClN4O2. The van der Waals surface area contributed by atoms with Gasteiger partial charge in [-0.05, 0) is 42.8 Å². The van der Waals surface area contributed by atoms with Gasteiger partial charge in [-0.1, -0.05) is 35.0 Å². The van der Waals surface area contributed by atoms with E-state index in [1.807, 2.05) is 43.3 Å². The molecule has 0 bridgehead atoms. The van der Waals surface area contributed by atoms with Gasteiger partial charge in [0.15, 0.2) is 5.82 Å². The number of aromatic nitrogens is 2. The zero-order valence-electron chi connectivity index (χ0n) is 14.6. The van der Waals surface area contributed by atoms with Crippen molar-refractivity contribution < 1.29 is 9.32 Å². The van der Waals surface area contributed by atoms with E-state index in [4.69, 9.17) is 16.1 Å². The van der Waals surface area contributed by atoms with Crippen molar-refractivity contribution in [1.82, 2.24) is 15.0 Å². The molecule has 2 aromatic carbocycles. The minimum atomic E-state index is -0.180. The minimum Gasteiger partial charge on any atom is -0.334 e. The molecule has 0 aliphatic heterocycles. The molecule has 0 atom stereocenters. The lowest BCUT2D eigenvalue weighted by Crippen LogP contribution is -2.33. The molecule has 0 aliphatic carbocycles. The van der Waals surface area contributed by atoms with Crippen LogP contribution in [-0.4, -0.2) is 34.7 Å². The number of hydrogen-bond donors (Lipinski definition) is 1. The number of nitrogens with zero attached hydrogens (tertiary/aromatic N) is 3. The first kappa shape index (κ1) is 17.9. The third-order valence-electron chi connectivity index (χ3n) is 3.96. The van der Waals surface area contributed by atoms with Crippen molar-refractivity contribution in [3.8, 4) is 11.5 Å². The Morgan fingerprint density at radius 1 is 1.19 bits per heavy atom. The average Bonchev–Trinajstić information content (AvgIpc) is 3.11. The van der Waals surface area contributed by atoms with E-state index in [2.05, 4.69) is 15.5 Å². The topological polar surface area (TPSA) is 71.3 Å². The van der Waals surface area contributed by atoms with Gasteiger partial charge < -0.3 is 14.7 Å². The van der Waals surface area contributed by atoms with E-state index in [1.54, 1.807) is 24.1 Å².